The largest absolute Gasteiger partial charge is 0.508 e. The summed E-state index contributed by atoms with van der Waals surface area (Å²) in [5.74, 6) is 9.10. The smallest absolute Gasteiger partial charge is 0.264 e. The maximum Gasteiger partial charge on any atom is 0.264 e. The van der Waals surface area contributed by atoms with E-state index in [2.05, 4.69) is 27.4 Å². The number of hydrogen-bond donors (Lipinski definition) is 2. The van der Waals surface area contributed by atoms with E-state index in [9.17, 15) is 14.1 Å². The lowest BCUT2D eigenvalue weighted by molar-refractivity contribution is 0.0982. The van der Waals surface area contributed by atoms with Gasteiger partial charge in [-0.2, -0.15) is 0 Å². The number of phenols is 1. The number of hydrogen-bond acceptors (Lipinski definition) is 4. The van der Waals surface area contributed by atoms with Crippen LogP contribution in [-0.2, 0) is 9.71 Å². The van der Waals surface area contributed by atoms with Crippen molar-refractivity contribution >= 4 is 21.5 Å². The first kappa shape index (κ1) is 18.2. The maximum absolute atomic E-state index is 12.7. The number of benzene rings is 2. The fourth-order valence-corrected chi connectivity index (χ4v) is 3.36. The predicted octanol–water partition coefficient (Wildman–Crippen LogP) is 2.61. The average Bonchev–Trinajstić information content (AvgIpc) is 2.68. The third-order valence-corrected chi connectivity index (χ3v) is 5.15. The van der Waals surface area contributed by atoms with E-state index in [1.807, 2.05) is 0 Å². The minimum atomic E-state index is -2.97. The second kappa shape index (κ2) is 7.77. The second-order valence-electron chi connectivity index (χ2n) is 5.68. The zero-order valence-corrected chi connectivity index (χ0v) is 15.1. The number of nitrogens with zero attached hydrogens (tertiary/aromatic N) is 1. The van der Waals surface area contributed by atoms with Crippen LogP contribution in [0.5, 0.6) is 5.75 Å². The summed E-state index contributed by atoms with van der Waals surface area (Å²) in [5, 5.41) is 9.28. The van der Waals surface area contributed by atoms with Crippen LogP contribution in [0.4, 0.5) is 0 Å². The lowest BCUT2D eigenvalue weighted by Crippen LogP contribution is -2.30. The maximum atomic E-state index is 12.7. The van der Waals surface area contributed by atoms with Crippen molar-refractivity contribution in [1.82, 2.24) is 9.71 Å². The number of amides is 1. The minimum absolute atomic E-state index is 0.163. The molecule has 0 aliphatic rings. The van der Waals surface area contributed by atoms with E-state index in [0.29, 0.717) is 16.0 Å². The van der Waals surface area contributed by atoms with Crippen molar-refractivity contribution in [2.45, 2.75) is 4.90 Å². The van der Waals surface area contributed by atoms with Gasteiger partial charge in [0.25, 0.3) is 5.91 Å². The number of aromatic nitrogens is 1. The molecule has 0 spiro atoms. The fraction of sp³-hybridized carbons (Fsp3) is 0. The Morgan fingerprint density at radius 1 is 1.00 bits per heavy atom. The van der Waals surface area contributed by atoms with Crippen LogP contribution >= 0.6 is 0 Å². The Labute approximate surface area is 157 Å². The molecule has 0 fully saturated rings. The SMILES string of the molecule is C=S(=O)(NC(=O)c1cncc(C#Cc2ccc(O)cc2)c1)c1ccccc1. The van der Waals surface area contributed by atoms with Crippen LogP contribution in [0, 0.1) is 11.8 Å². The first-order valence-electron chi connectivity index (χ1n) is 7.94. The van der Waals surface area contributed by atoms with E-state index in [-0.39, 0.29) is 11.3 Å². The Kier molecular flexibility index (Phi) is 5.25. The Morgan fingerprint density at radius 3 is 2.37 bits per heavy atom. The topological polar surface area (TPSA) is 79.3 Å². The van der Waals surface area contributed by atoms with Crippen LogP contribution in [0.25, 0.3) is 0 Å². The summed E-state index contributed by atoms with van der Waals surface area (Å²) in [7, 11) is -2.97. The normalized spacial score (nSPS) is 12.3. The molecule has 2 N–H and O–H groups in total. The van der Waals surface area contributed by atoms with Gasteiger partial charge >= 0.3 is 0 Å². The zero-order valence-electron chi connectivity index (χ0n) is 14.3. The number of pyridine rings is 1. The zero-order chi connectivity index (χ0) is 19.3. The van der Waals surface area contributed by atoms with Gasteiger partial charge in [-0.15, -0.1) is 0 Å². The molecule has 5 nitrogen and oxygen atoms in total. The summed E-state index contributed by atoms with van der Waals surface area (Å²) in [6.45, 7) is 0. The molecule has 6 heteroatoms. The third-order valence-electron chi connectivity index (χ3n) is 3.60. The van der Waals surface area contributed by atoms with E-state index in [1.165, 1.54) is 12.4 Å². The molecule has 134 valence electrons. The molecule has 0 saturated heterocycles. The number of phenolic OH excluding ortho intramolecular Hbond substituents is 1. The molecular weight excluding hydrogens is 360 g/mol. The molecule has 1 aromatic heterocycles. The molecule has 1 atom stereocenters. The van der Waals surface area contributed by atoms with E-state index in [4.69, 9.17) is 0 Å². The van der Waals surface area contributed by atoms with Crippen LogP contribution in [0.3, 0.4) is 0 Å². The summed E-state index contributed by atoms with van der Waals surface area (Å²) in [5.41, 5.74) is 1.48. The molecule has 27 heavy (non-hydrogen) atoms. The molecule has 0 radical (unpaired) electrons. The highest BCUT2D eigenvalue weighted by molar-refractivity contribution is 7.99. The van der Waals surface area contributed by atoms with Gasteiger partial charge in [-0.25, -0.2) is 4.21 Å². The molecule has 2 aromatic carbocycles. The number of carbonyl (C=O) groups excluding carboxylic acids is 1. The van der Waals surface area contributed by atoms with Gasteiger partial charge in [0, 0.05) is 28.4 Å². The second-order valence-corrected chi connectivity index (χ2v) is 7.70. The van der Waals surface area contributed by atoms with E-state index in [0.717, 1.165) is 0 Å². The van der Waals surface area contributed by atoms with Gasteiger partial charge in [-0.3, -0.25) is 14.5 Å². The Balaban J connectivity index is 1.79. The fourth-order valence-electron chi connectivity index (χ4n) is 2.23. The summed E-state index contributed by atoms with van der Waals surface area (Å²) in [6.07, 6.45) is 2.91. The van der Waals surface area contributed by atoms with Crippen LogP contribution in [0.15, 0.2) is 78.0 Å². The average molecular weight is 376 g/mol. The van der Waals surface area contributed by atoms with Crippen molar-refractivity contribution in [3.8, 4) is 17.6 Å². The van der Waals surface area contributed by atoms with Gasteiger partial charge < -0.3 is 5.11 Å². The van der Waals surface area contributed by atoms with Gasteiger partial charge in [0.1, 0.15) is 5.75 Å². The van der Waals surface area contributed by atoms with Crippen molar-refractivity contribution in [2.75, 3.05) is 0 Å². The van der Waals surface area contributed by atoms with Gasteiger partial charge in [0.15, 0.2) is 0 Å². The molecule has 0 aliphatic carbocycles. The molecule has 0 aliphatic heterocycles. The lowest BCUT2D eigenvalue weighted by atomic mass is 10.1. The molecule has 3 aromatic rings. The van der Waals surface area contributed by atoms with Crippen molar-refractivity contribution in [3.63, 3.8) is 0 Å². The van der Waals surface area contributed by atoms with Gasteiger partial charge in [0.2, 0.25) is 0 Å². The standard InChI is InChI=1S/C21H16N2O3S/c1-27(26,20-5-3-2-4-6-20)23-21(25)18-13-17(14-22-15-18)8-7-16-9-11-19(24)12-10-16/h2-6,9-15,24H,1H2,(H,23,25,26). The van der Waals surface area contributed by atoms with Crippen LogP contribution in [-0.4, -0.2) is 26.1 Å². The Bertz CT molecular complexity index is 1130. The molecule has 1 unspecified atom stereocenters. The van der Waals surface area contributed by atoms with Crippen molar-refractivity contribution < 1.29 is 14.1 Å². The van der Waals surface area contributed by atoms with Crippen molar-refractivity contribution in [3.05, 3.63) is 89.7 Å². The number of nitrogens with one attached hydrogen (secondary N) is 1. The highest BCUT2D eigenvalue weighted by Gasteiger charge is 2.13. The van der Waals surface area contributed by atoms with Gasteiger partial charge in [-0.1, -0.05) is 30.0 Å². The summed E-state index contributed by atoms with van der Waals surface area (Å²) in [6, 6.07) is 16.6. The molecule has 3 rings (SSSR count). The van der Waals surface area contributed by atoms with Crippen molar-refractivity contribution in [2.24, 2.45) is 0 Å². The summed E-state index contributed by atoms with van der Waals surface area (Å²) >= 11 is 0. The highest BCUT2D eigenvalue weighted by Crippen LogP contribution is 2.10. The number of rotatable bonds is 3. The Morgan fingerprint density at radius 2 is 1.67 bits per heavy atom. The molecule has 0 saturated carbocycles. The van der Waals surface area contributed by atoms with Crippen molar-refractivity contribution in [1.29, 1.82) is 0 Å². The van der Waals surface area contributed by atoms with E-state index >= 15 is 0 Å². The first-order valence-corrected chi connectivity index (χ1v) is 9.67. The van der Waals surface area contributed by atoms with E-state index in [1.54, 1.807) is 60.7 Å². The van der Waals surface area contributed by atoms with Crippen LogP contribution in [0.2, 0.25) is 0 Å². The van der Waals surface area contributed by atoms with Gasteiger partial charge in [0.05, 0.1) is 15.3 Å². The predicted molar refractivity (Wildman–Crippen MR) is 106 cm³/mol. The highest BCUT2D eigenvalue weighted by atomic mass is 32.2. The Hall–Kier alpha value is -3.56. The molecular formula is C21H16N2O3S. The lowest BCUT2D eigenvalue weighted by Gasteiger charge is -2.11. The van der Waals surface area contributed by atoms with Crippen LogP contribution in [0.1, 0.15) is 21.5 Å². The van der Waals surface area contributed by atoms with Crippen LogP contribution < -0.4 is 4.72 Å². The molecule has 1 amide bonds. The summed E-state index contributed by atoms with van der Waals surface area (Å²) < 4.78 is 15.1. The third kappa shape index (κ3) is 4.75. The minimum Gasteiger partial charge on any atom is -0.508 e. The molecule has 0 bridgehead atoms. The van der Waals surface area contributed by atoms with E-state index < -0.39 is 15.6 Å². The summed E-state index contributed by atoms with van der Waals surface area (Å²) in [4.78, 5) is 16.9. The number of aromatic hydroxyl groups is 1. The monoisotopic (exact) mass is 376 g/mol. The molecule has 1 heterocycles. The first-order chi connectivity index (χ1) is 12.9. The quantitative estimate of drug-likeness (QED) is 0.544. The van der Waals surface area contributed by atoms with Gasteiger partial charge in [-0.05, 0) is 48.3 Å². The number of carbonyl (C=O) groups is 1.